The molecule has 0 saturated carbocycles. The molecule has 1 aromatic heterocycles. The van der Waals surface area contributed by atoms with Crippen molar-refractivity contribution in [2.24, 2.45) is 0 Å². The highest BCUT2D eigenvalue weighted by Gasteiger charge is 2.16. The number of nitrogens with zero attached hydrogens (tertiary/aromatic N) is 3. The lowest BCUT2D eigenvalue weighted by molar-refractivity contribution is 0.102. The van der Waals surface area contributed by atoms with Crippen LogP contribution in [-0.4, -0.2) is 26.3 Å². The molecule has 3 aromatic carbocycles. The topological polar surface area (TPSA) is 47.8 Å². The quantitative estimate of drug-likeness (QED) is 0.238. The van der Waals surface area contributed by atoms with Gasteiger partial charge in [-0.3, -0.25) is 9.36 Å². The Morgan fingerprint density at radius 2 is 1.52 bits per heavy atom. The molecule has 156 valence electrons. The largest absolute Gasteiger partial charge is 0.293 e. The van der Waals surface area contributed by atoms with E-state index in [1.807, 2.05) is 53.1 Å². The average molecular weight is 450 g/mol. The van der Waals surface area contributed by atoms with E-state index in [2.05, 4.69) is 22.3 Å². The summed E-state index contributed by atoms with van der Waals surface area (Å²) < 4.78 is 15.1. The molecule has 4 rings (SSSR count). The second-order valence-electron chi connectivity index (χ2n) is 6.77. The van der Waals surface area contributed by atoms with Crippen LogP contribution in [0, 0.1) is 5.82 Å². The van der Waals surface area contributed by atoms with Crippen LogP contribution in [0.25, 0.3) is 5.69 Å². The van der Waals surface area contributed by atoms with E-state index >= 15 is 0 Å². The average Bonchev–Trinajstić information content (AvgIpc) is 3.22. The second-order valence-corrected chi connectivity index (χ2v) is 8.70. The summed E-state index contributed by atoms with van der Waals surface area (Å²) in [4.78, 5) is 12.5. The molecule has 4 nitrogen and oxygen atoms in total. The maximum absolute atomic E-state index is 13.1. The van der Waals surface area contributed by atoms with Crippen molar-refractivity contribution in [1.82, 2.24) is 14.8 Å². The highest BCUT2D eigenvalue weighted by Crippen LogP contribution is 2.26. The molecule has 0 aliphatic carbocycles. The first-order valence-corrected chi connectivity index (χ1v) is 11.9. The second kappa shape index (κ2) is 10.4. The third-order valence-corrected chi connectivity index (χ3v) is 6.48. The van der Waals surface area contributed by atoms with Crippen LogP contribution < -0.4 is 0 Å². The van der Waals surface area contributed by atoms with Crippen molar-refractivity contribution in [1.29, 1.82) is 0 Å². The summed E-state index contributed by atoms with van der Waals surface area (Å²) in [6.45, 7) is 0. The van der Waals surface area contributed by atoms with Gasteiger partial charge in [-0.2, -0.15) is 0 Å². The highest BCUT2D eigenvalue weighted by molar-refractivity contribution is 7.99. The van der Waals surface area contributed by atoms with Crippen molar-refractivity contribution in [2.45, 2.75) is 16.7 Å². The maximum atomic E-state index is 13.1. The number of benzene rings is 3. The molecule has 0 aliphatic rings. The normalized spacial score (nSPS) is 10.9. The number of carbonyl (C=O) groups is 1. The van der Waals surface area contributed by atoms with E-state index in [-0.39, 0.29) is 17.4 Å². The third-order valence-electron chi connectivity index (χ3n) is 4.56. The summed E-state index contributed by atoms with van der Waals surface area (Å²) in [5, 5.41) is 9.41. The van der Waals surface area contributed by atoms with Crippen molar-refractivity contribution in [3.8, 4) is 5.69 Å². The molecular weight excluding hydrogens is 429 g/mol. The molecule has 0 saturated heterocycles. The van der Waals surface area contributed by atoms with Crippen LogP contribution in [0.1, 0.15) is 21.7 Å². The van der Waals surface area contributed by atoms with Gasteiger partial charge in [-0.15, -0.1) is 22.0 Å². The molecule has 0 aliphatic heterocycles. The molecular formula is C24H20FN3OS2. The number of ketones is 1. The molecule has 0 spiro atoms. The van der Waals surface area contributed by atoms with Crippen molar-refractivity contribution < 1.29 is 9.18 Å². The molecule has 0 unspecified atom stereocenters. The maximum Gasteiger partial charge on any atom is 0.196 e. The standard InChI is InChI=1S/C24H20FN3OS2/c25-20-13-11-19(12-14-20)22(29)16-31-24-27-26-23(28(24)21-9-5-2-6-10-21)17-30-15-18-7-3-1-4-8-18/h1-14H,15-17H2. The minimum Gasteiger partial charge on any atom is -0.293 e. The Balaban J connectivity index is 1.49. The zero-order valence-electron chi connectivity index (χ0n) is 16.6. The van der Waals surface area contributed by atoms with Gasteiger partial charge in [-0.1, -0.05) is 60.3 Å². The van der Waals surface area contributed by atoms with Gasteiger partial charge in [-0.05, 0) is 42.0 Å². The van der Waals surface area contributed by atoms with E-state index in [9.17, 15) is 9.18 Å². The lowest BCUT2D eigenvalue weighted by Crippen LogP contribution is -2.06. The Morgan fingerprint density at radius 3 is 2.23 bits per heavy atom. The number of hydrogen-bond donors (Lipinski definition) is 0. The lowest BCUT2D eigenvalue weighted by Gasteiger charge is -2.10. The molecule has 1 heterocycles. The Kier molecular flexibility index (Phi) is 7.17. The monoisotopic (exact) mass is 449 g/mol. The Labute approximate surface area is 188 Å². The van der Waals surface area contributed by atoms with Gasteiger partial charge in [0, 0.05) is 17.0 Å². The third kappa shape index (κ3) is 5.62. The van der Waals surface area contributed by atoms with Crippen molar-refractivity contribution in [2.75, 3.05) is 5.75 Å². The van der Waals surface area contributed by atoms with E-state index in [0.29, 0.717) is 16.5 Å². The number of halogens is 1. The lowest BCUT2D eigenvalue weighted by atomic mass is 10.1. The molecule has 0 radical (unpaired) electrons. The van der Waals surface area contributed by atoms with Gasteiger partial charge in [0.1, 0.15) is 11.6 Å². The predicted molar refractivity (Wildman–Crippen MR) is 124 cm³/mol. The van der Waals surface area contributed by atoms with Gasteiger partial charge in [0.2, 0.25) is 0 Å². The van der Waals surface area contributed by atoms with Crippen LogP contribution in [0.15, 0.2) is 90.1 Å². The molecule has 0 amide bonds. The van der Waals surface area contributed by atoms with Gasteiger partial charge in [-0.25, -0.2) is 4.39 Å². The Morgan fingerprint density at radius 1 is 0.839 bits per heavy atom. The van der Waals surface area contributed by atoms with Crippen LogP contribution in [0.5, 0.6) is 0 Å². The fraction of sp³-hybridized carbons (Fsp3) is 0.125. The number of para-hydroxylation sites is 1. The summed E-state index contributed by atoms with van der Waals surface area (Å²) in [6, 6.07) is 25.8. The zero-order valence-corrected chi connectivity index (χ0v) is 18.3. The van der Waals surface area contributed by atoms with Crippen molar-refractivity contribution >= 4 is 29.3 Å². The summed E-state index contributed by atoms with van der Waals surface area (Å²) in [5.74, 6) is 2.19. The minimum atomic E-state index is -0.356. The van der Waals surface area contributed by atoms with Gasteiger partial charge in [0.05, 0.1) is 11.5 Å². The first-order valence-electron chi connectivity index (χ1n) is 9.73. The number of hydrogen-bond acceptors (Lipinski definition) is 5. The Bertz CT molecular complexity index is 1130. The predicted octanol–water partition coefficient (Wildman–Crippen LogP) is 5.81. The summed E-state index contributed by atoms with van der Waals surface area (Å²) >= 11 is 3.11. The van der Waals surface area contributed by atoms with Crippen molar-refractivity contribution in [3.05, 3.63) is 108 Å². The first-order chi connectivity index (χ1) is 15.2. The summed E-state index contributed by atoms with van der Waals surface area (Å²) in [5.41, 5.74) is 2.70. The van der Waals surface area contributed by atoms with Gasteiger partial charge in [0.25, 0.3) is 0 Å². The molecule has 0 atom stereocenters. The van der Waals surface area contributed by atoms with Crippen LogP contribution in [-0.2, 0) is 11.5 Å². The summed E-state index contributed by atoms with van der Waals surface area (Å²) in [6.07, 6.45) is 0. The van der Waals surface area contributed by atoms with Crippen molar-refractivity contribution in [3.63, 3.8) is 0 Å². The van der Waals surface area contributed by atoms with E-state index in [1.54, 1.807) is 11.8 Å². The smallest absolute Gasteiger partial charge is 0.196 e. The van der Waals surface area contributed by atoms with E-state index in [0.717, 1.165) is 17.3 Å². The molecule has 0 bridgehead atoms. The number of rotatable bonds is 9. The summed E-state index contributed by atoms with van der Waals surface area (Å²) in [7, 11) is 0. The molecule has 7 heteroatoms. The molecule has 0 fully saturated rings. The minimum absolute atomic E-state index is 0.0763. The molecule has 4 aromatic rings. The van der Waals surface area contributed by atoms with E-state index < -0.39 is 0 Å². The fourth-order valence-electron chi connectivity index (χ4n) is 3.01. The fourth-order valence-corrected chi connectivity index (χ4v) is 4.77. The highest BCUT2D eigenvalue weighted by atomic mass is 32.2. The number of thioether (sulfide) groups is 2. The Hall–Kier alpha value is -2.90. The number of Topliss-reactive ketones (excluding diaryl/α,β-unsaturated/α-hetero) is 1. The zero-order chi connectivity index (χ0) is 21.5. The van der Waals surface area contributed by atoms with Gasteiger partial charge < -0.3 is 0 Å². The SMILES string of the molecule is O=C(CSc1nnc(CSCc2ccccc2)n1-c1ccccc1)c1ccc(F)cc1. The van der Waals surface area contributed by atoms with Crippen LogP contribution in [0.3, 0.4) is 0 Å². The molecule has 0 N–H and O–H groups in total. The molecule has 31 heavy (non-hydrogen) atoms. The number of aromatic nitrogens is 3. The van der Waals surface area contributed by atoms with Crippen LogP contribution in [0.2, 0.25) is 0 Å². The van der Waals surface area contributed by atoms with Gasteiger partial charge >= 0.3 is 0 Å². The van der Waals surface area contributed by atoms with E-state index in [4.69, 9.17) is 0 Å². The van der Waals surface area contributed by atoms with Crippen LogP contribution >= 0.6 is 23.5 Å². The van der Waals surface area contributed by atoms with Crippen LogP contribution in [0.4, 0.5) is 4.39 Å². The van der Waals surface area contributed by atoms with E-state index in [1.165, 1.54) is 41.6 Å². The number of carbonyl (C=O) groups excluding carboxylic acids is 1. The van der Waals surface area contributed by atoms with Gasteiger partial charge in [0.15, 0.2) is 10.9 Å². The first kappa shape index (κ1) is 21.3.